The lowest BCUT2D eigenvalue weighted by Gasteiger charge is -2.50. The maximum Gasteiger partial charge on any atom is 0.274 e. The van der Waals surface area contributed by atoms with Gasteiger partial charge in [-0.05, 0) is 44.0 Å². The molecule has 1 aromatic rings. The second kappa shape index (κ2) is 9.44. The molecule has 33 heavy (non-hydrogen) atoms. The Labute approximate surface area is 206 Å². The summed E-state index contributed by atoms with van der Waals surface area (Å²) >= 11 is 9.71. The molecular weight excluding hydrogens is 514 g/mol. The average Bonchev–Trinajstić information content (AvgIpc) is 3.05. The molecule has 11 heteroatoms. The van der Waals surface area contributed by atoms with Gasteiger partial charge in [-0.15, -0.1) is 0 Å². The molecule has 4 rings (SSSR count). The van der Waals surface area contributed by atoms with E-state index in [1.54, 1.807) is 35.3 Å². The van der Waals surface area contributed by atoms with Crippen molar-refractivity contribution in [1.29, 1.82) is 0 Å². The van der Waals surface area contributed by atoms with Crippen LogP contribution in [0.5, 0.6) is 0 Å². The molecule has 2 aliphatic heterocycles. The number of likely N-dealkylation sites (tertiary alicyclic amines) is 1. The van der Waals surface area contributed by atoms with E-state index < -0.39 is 17.8 Å². The minimum atomic E-state index is -1.09. The van der Waals surface area contributed by atoms with Crippen molar-refractivity contribution >= 4 is 39.1 Å². The number of allylic oxidation sites excluding steroid dienone is 1. The summed E-state index contributed by atoms with van der Waals surface area (Å²) < 4.78 is 0.851. The molecule has 1 aromatic carbocycles. The SMILES string of the molecule is C[C@H](NC1C[C@@H](O)[C@@H](O)C1)C1(O)CN(C(=O)C2=C(Nc3ccc(Br)cc3Cl)C=CN(C)N2)C1. The standard InChI is InChI=1S/C22H29BrClN5O4/c1-12(25-14-8-18(30)19(31)9-14)22(33)10-29(11-22)21(32)20-17(5-6-28(2)27-20)26-16-4-3-13(23)7-15(16)24/h3-7,12,14,18-19,25-27,30-31,33H,8-11H2,1-2H3/t12-,14?,18-,19+/m0/s1. The fourth-order valence-electron chi connectivity index (χ4n) is 4.38. The molecule has 3 aliphatic rings. The molecule has 0 spiro atoms. The van der Waals surface area contributed by atoms with Crippen LogP contribution in [0.15, 0.2) is 46.3 Å². The smallest absolute Gasteiger partial charge is 0.274 e. The highest BCUT2D eigenvalue weighted by atomic mass is 79.9. The van der Waals surface area contributed by atoms with Crippen LogP contribution in [0.1, 0.15) is 19.8 Å². The van der Waals surface area contributed by atoms with Crippen LogP contribution in [0.3, 0.4) is 0 Å². The van der Waals surface area contributed by atoms with Crippen molar-refractivity contribution in [3.05, 3.63) is 51.4 Å². The number of hydrogen-bond acceptors (Lipinski definition) is 8. The molecule has 0 aromatic heterocycles. The Morgan fingerprint density at radius 2 is 1.97 bits per heavy atom. The van der Waals surface area contributed by atoms with E-state index >= 15 is 0 Å². The molecule has 0 bridgehead atoms. The predicted molar refractivity (Wildman–Crippen MR) is 129 cm³/mol. The van der Waals surface area contributed by atoms with Crippen LogP contribution in [0.25, 0.3) is 0 Å². The zero-order valence-electron chi connectivity index (χ0n) is 18.4. The van der Waals surface area contributed by atoms with Crippen LogP contribution in [0.2, 0.25) is 5.02 Å². The Morgan fingerprint density at radius 3 is 2.61 bits per heavy atom. The first-order chi connectivity index (χ1) is 15.6. The van der Waals surface area contributed by atoms with E-state index in [1.807, 2.05) is 19.1 Å². The number of hydrazine groups is 1. The van der Waals surface area contributed by atoms with Crippen molar-refractivity contribution in [2.24, 2.45) is 0 Å². The number of nitrogens with zero attached hydrogens (tertiary/aromatic N) is 2. The van der Waals surface area contributed by atoms with Gasteiger partial charge in [0.2, 0.25) is 0 Å². The van der Waals surface area contributed by atoms with E-state index in [0.717, 1.165) is 4.47 Å². The normalized spacial score (nSPS) is 27.3. The summed E-state index contributed by atoms with van der Waals surface area (Å²) in [6, 6.07) is 5.06. The minimum absolute atomic E-state index is 0.0771. The number of aliphatic hydroxyl groups excluding tert-OH is 2. The highest BCUT2D eigenvalue weighted by Gasteiger charge is 2.49. The van der Waals surface area contributed by atoms with Crippen LogP contribution in [0, 0.1) is 0 Å². The summed E-state index contributed by atoms with van der Waals surface area (Å²) in [6.07, 6.45) is 2.96. The van der Waals surface area contributed by atoms with Crippen LogP contribution in [-0.2, 0) is 4.79 Å². The van der Waals surface area contributed by atoms with Gasteiger partial charge in [-0.3, -0.25) is 15.2 Å². The third-order valence-corrected chi connectivity index (χ3v) is 7.25. The maximum absolute atomic E-state index is 13.3. The van der Waals surface area contributed by atoms with Crippen LogP contribution >= 0.6 is 27.5 Å². The summed E-state index contributed by atoms with van der Waals surface area (Å²) in [5.74, 6) is -0.245. The number of carbonyl (C=O) groups excluding carboxylic acids is 1. The van der Waals surface area contributed by atoms with E-state index in [-0.39, 0.29) is 31.1 Å². The molecule has 1 amide bonds. The number of nitrogens with one attached hydrogen (secondary N) is 3. The molecule has 0 radical (unpaired) electrons. The van der Waals surface area contributed by atoms with Crippen molar-refractivity contribution in [3.63, 3.8) is 0 Å². The first-order valence-corrected chi connectivity index (χ1v) is 12.0. The number of halogens is 2. The quantitative estimate of drug-likeness (QED) is 0.317. The van der Waals surface area contributed by atoms with Crippen LogP contribution < -0.4 is 16.1 Å². The Balaban J connectivity index is 1.43. The van der Waals surface area contributed by atoms with Crippen molar-refractivity contribution in [2.45, 2.75) is 49.7 Å². The van der Waals surface area contributed by atoms with Gasteiger partial charge in [0.15, 0.2) is 0 Å². The summed E-state index contributed by atoms with van der Waals surface area (Å²) in [6.45, 7) is 2.20. The summed E-state index contributed by atoms with van der Waals surface area (Å²) in [4.78, 5) is 14.9. The summed E-state index contributed by atoms with van der Waals surface area (Å²) in [5.41, 5.74) is 3.55. The molecule has 1 saturated carbocycles. The highest BCUT2D eigenvalue weighted by Crippen LogP contribution is 2.31. The van der Waals surface area contributed by atoms with E-state index in [2.05, 4.69) is 32.0 Å². The van der Waals surface area contributed by atoms with E-state index in [1.165, 1.54) is 0 Å². The first-order valence-electron chi connectivity index (χ1n) is 10.8. The topological polar surface area (TPSA) is 120 Å². The molecule has 1 saturated heterocycles. The Bertz CT molecular complexity index is 974. The predicted octanol–water partition coefficient (Wildman–Crippen LogP) is 1.13. The minimum Gasteiger partial charge on any atom is -0.390 e. The Morgan fingerprint density at radius 1 is 1.30 bits per heavy atom. The fourth-order valence-corrected chi connectivity index (χ4v) is 5.10. The summed E-state index contributed by atoms with van der Waals surface area (Å²) in [5, 5.41) is 39.2. The third-order valence-electron chi connectivity index (χ3n) is 6.44. The molecule has 6 N–H and O–H groups in total. The zero-order valence-corrected chi connectivity index (χ0v) is 20.8. The number of carbonyl (C=O) groups is 1. The highest BCUT2D eigenvalue weighted by molar-refractivity contribution is 9.10. The maximum atomic E-state index is 13.3. The van der Waals surface area contributed by atoms with Crippen molar-refractivity contribution in [2.75, 3.05) is 25.5 Å². The van der Waals surface area contributed by atoms with Gasteiger partial charge >= 0.3 is 0 Å². The van der Waals surface area contributed by atoms with E-state index in [4.69, 9.17) is 11.6 Å². The monoisotopic (exact) mass is 541 g/mol. The molecule has 180 valence electrons. The van der Waals surface area contributed by atoms with Crippen molar-refractivity contribution < 1.29 is 20.1 Å². The largest absolute Gasteiger partial charge is 0.390 e. The third kappa shape index (κ3) is 5.16. The fraction of sp³-hybridized carbons (Fsp3) is 0.500. The number of anilines is 1. The van der Waals surface area contributed by atoms with Gasteiger partial charge in [-0.1, -0.05) is 27.5 Å². The zero-order chi connectivity index (χ0) is 23.9. The molecule has 4 atom stereocenters. The van der Waals surface area contributed by atoms with Gasteiger partial charge in [-0.25, -0.2) is 0 Å². The van der Waals surface area contributed by atoms with Gasteiger partial charge < -0.3 is 30.9 Å². The number of hydrogen-bond donors (Lipinski definition) is 6. The van der Waals surface area contributed by atoms with E-state index in [0.29, 0.717) is 34.9 Å². The second-order valence-electron chi connectivity index (χ2n) is 9.03. The Hall–Kier alpha value is -1.82. The number of rotatable bonds is 6. The lowest BCUT2D eigenvalue weighted by molar-refractivity contribution is -0.157. The van der Waals surface area contributed by atoms with Gasteiger partial charge in [-0.2, -0.15) is 0 Å². The number of amides is 1. The number of aliphatic hydroxyl groups is 3. The number of benzene rings is 1. The lowest BCUT2D eigenvalue weighted by Crippen LogP contribution is -2.72. The van der Waals surface area contributed by atoms with Crippen LogP contribution in [-0.4, -0.2) is 81.2 Å². The molecule has 2 fully saturated rings. The van der Waals surface area contributed by atoms with Gasteiger partial charge in [0.1, 0.15) is 11.3 Å². The lowest BCUT2D eigenvalue weighted by atomic mass is 9.86. The molecule has 9 nitrogen and oxygen atoms in total. The first kappa shape index (κ1) is 24.3. The van der Waals surface area contributed by atoms with Gasteiger partial charge in [0, 0.05) is 29.8 Å². The van der Waals surface area contributed by atoms with Gasteiger partial charge in [0.05, 0.1) is 41.7 Å². The Kier molecular flexibility index (Phi) is 6.95. The van der Waals surface area contributed by atoms with Crippen molar-refractivity contribution in [3.8, 4) is 0 Å². The molecule has 1 aliphatic carbocycles. The van der Waals surface area contributed by atoms with Crippen LogP contribution in [0.4, 0.5) is 5.69 Å². The van der Waals surface area contributed by atoms with E-state index in [9.17, 15) is 20.1 Å². The molecular formula is C22H29BrClN5O4. The van der Waals surface area contributed by atoms with Gasteiger partial charge in [0.25, 0.3) is 5.91 Å². The summed E-state index contributed by atoms with van der Waals surface area (Å²) in [7, 11) is 1.79. The van der Waals surface area contributed by atoms with Crippen molar-refractivity contribution in [1.82, 2.24) is 20.7 Å². The average molecular weight is 543 g/mol. The molecule has 2 heterocycles. The number of β-amino-alcohol motifs (C(OH)–C–C–N with tert-alkyl or cyclic N) is 1. The molecule has 1 unspecified atom stereocenters. The second-order valence-corrected chi connectivity index (χ2v) is 10.4.